The van der Waals surface area contributed by atoms with Gasteiger partial charge in [0.15, 0.2) is 0 Å². The van der Waals surface area contributed by atoms with Gasteiger partial charge < -0.3 is 33.8 Å². The number of esters is 1. The summed E-state index contributed by atoms with van der Waals surface area (Å²) in [5, 5.41) is 11.1. The number of ether oxygens (including phenoxy) is 5. The van der Waals surface area contributed by atoms with E-state index in [0.29, 0.717) is 12.2 Å². The van der Waals surface area contributed by atoms with E-state index in [1.165, 1.54) is 0 Å². The zero-order valence-corrected chi connectivity index (χ0v) is 29.8. The highest BCUT2D eigenvalue weighted by Crippen LogP contribution is 2.16. The molecule has 14 heteroatoms. The Balaban J connectivity index is 1.91. The maximum atomic E-state index is 12.9. The molecule has 0 saturated carbocycles. The number of oxime groups is 1. The van der Waals surface area contributed by atoms with Gasteiger partial charge in [0.2, 0.25) is 0 Å². The highest BCUT2D eigenvalue weighted by atomic mass is 16.6. The van der Waals surface area contributed by atoms with Gasteiger partial charge in [0.1, 0.15) is 41.8 Å². The van der Waals surface area contributed by atoms with Crippen LogP contribution in [0.5, 0.6) is 5.75 Å². The summed E-state index contributed by atoms with van der Waals surface area (Å²) in [7, 11) is 0. The van der Waals surface area contributed by atoms with Gasteiger partial charge >= 0.3 is 24.2 Å². The Morgan fingerprint density at radius 3 is 1.76 bits per heavy atom. The van der Waals surface area contributed by atoms with Crippen LogP contribution in [0.3, 0.4) is 0 Å². The molecule has 270 valence electrons. The number of nitrogens with one attached hydrogen (secondary N) is 3. The first-order chi connectivity index (χ1) is 22.8. The van der Waals surface area contributed by atoms with Crippen molar-refractivity contribution in [2.24, 2.45) is 5.16 Å². The third kappa shape index (κ3) is 18.8. The van der Waals surface area contributed by atoms with Crippen LogP contribution in [0.1, 0.15) is 79.9 Å². The third-order valence-corrected chi connectivity index (χ3v) is 5.60. The number of benzene rings is 2. The predicted octanol–water partition coefficient (Wildman–Crippen LogP) is 5.97. The number of hydrogen-bond donors (Lipinski definition) is 3. The van der Waals surface area contributed by atoms with Crippen molar-refractivity contribution in [3.63, 3.8) is 0 Å². The summed E-state index contributed by atoms with van der Waals surface area (Å²) in [6.45, 7) is 15.8. The molecule has 0 unspecified atom stereocenters. The molecule has 49 heavy (non-hydrogen) atoms. The molecule has 0 aromatic heterocycles. The lowest BCUT2D eigenvalue weighted by molar-refractivity contribution is -0.157. The molecule has 14 nitrogen and oxygen atoms in total. The first-order valence-electron chi connectivity index (χ1n) is 15.9. The van der Waals surface area contributed by atoms with Gasteiger partial charge in [0, 0.05) is 12.8 Å². The van der Waals surface area contributed by atoms with Crippen LogP contribution in [0.4, 0.5) is 14.4 Å². The molecule has 1 atom stereocenters. The van der Waals surface area contributed by atoms with Gasteiger partial charge in [-0.05, 0) is 90.7 Å². The van der Waals surface area contributed by atoms with Crippen molar-refractivity contribution in [1.82, 2.24) is 16.0 Å². The van der Waals surface area contributed by atoms with Gasteiger partial charge in [0.25, 0.3) is 5.96 Å². The van der Waals surface area contributed by atoms with Gasteiger partial charge in [-0.2, -0.15) is 0 Å². The Morgan fingerprint density at radius 2 is 1.22 bits per heavy atom. The monoisotopic (exact) mass is 686 g/mol. The van der Waals surface area contributed by atoms with E-state index < -0.39 is 47.1 Å². The van der Waals surface area contributed by atoms with E-state index in [1.807, 2.05) is 30.3 Å². The number of carbonyl (C=O) groups excluding carboxylic acids is 4. The summed E-state index contributed by atoms with van der Waals surface area (Å²) in [6, 6.07) is 15.3. The molecule has 2 aromatic rings. The van der Waals surface area contributed by atoms with Crippen LogP contribution in [0.15, 0.2) is 59.8 Å². The molecule has 0 aliphatic heterocycles. The van der Waals surface area contributed by atoms with Crippen molar-refractivity contribution < 1.29 is 47.7 Å². The van der Waals surface area contributed by atoms with Gasteiger partial charge in [-0.25, -0.2) is 19.2 Å². The lowest BCUT2D eigenvalue weighted by atomic mass is 10.1. The lowest BCUT2D eigenvalue weighted by Gasteiger charge is -2.24. The second kappa shape index (κ2) is 18.5. The smallest absolute Gasteiger partial charge is 0.414 e. The number of carbonyl (C=O) groups is 4. The van der Waals surface area contributed by atoms with E-state index in [1.54, 1.807) is 86.6 Å². The van der Waals surface area contributed by atoms with Crippen molar-refractivity contribution in [3.8, 4) is 5.75 Å². The number of guanidine groups is 1. The summed E-state index contributed by atoms with van der Waals surface area (Å²) in [4.78, 5) is 55.1. The minimum absolute atomic E-state index is 0.0598. The Bertz CT molecular complexity index is 1360. The zero-order valence-electron chi connectivity index (χ0n) is 29.8. The molecule has 3 N–H and O–H groups in total. The quantitative estimate of drug-likeness (QED) is 0.0603. The summed E-state index contributed by atoms with van der Waals surface area (Å²) < 4.78 is 27.0. The van der Waals surface area contributed by atoms with Crippen molar-refractivity contribution in [1.29, 1.82) is 0 Å². The molecule has 0 aliphatic rings. The van der Waals surface area contributed by atoms with E-state index in [0.717, 1.165) is 11.1 Å². The molecule has 3 amide bonds. The van der Waals surface area contributed by atoms with Crippen LogP contribution in [0, 0.1) is 0 Å². The van der Waals surface area contributed by atoms with E-state index in [9.17, 15) is 19.2 Å². The third-order valence-electron chi connectivity index (χ3n) is 5.60. The fraction of sp³-hybridized carbons (Fsp3) is 0.514. The summed E-state index contributed by atoms with van der Waals surface area (Å²) in [6.07, 6.45) is -1.84. The van der Waals surface area contributed by atoms with Crippen molar-refractivity contribution in [3.05, 3.63) is 65.7 Å². The fourth-order valence-electron chi connectivity index (χ4n) is 3.73. The van der Waals surface area contributed by atoms with Crippen molar-refractivity contribution >= 4 is 30.2 Å². The van der Waals surface area contributed by atoms with E-state index in [4.69, 9.17) is 28.5 Å². The molecule has 0 heterocycles. The second-order valence-electron chi connectivity index (χ2n) is 13.9. The largest absolute Gasteiger partial charge is 0.493 e. The van der Waals surface area contributed by atoms with Crippen LogP contribution in [0.2, 0.25) is 0 Å². The molecule has 0 aliphatic carbocycles. The molecule has 0 radical (unpaired) electrons. The average molecular weight is 687 g/mol. The Kier molecular flexibility index (Phi) is 15.2. The number of amides is 3. The summed E-state index contributed by atoms with van der Waals surface area (Å²) >= 11 is 0. The van der Waals surface area contributed by atoms with Gasteiger partial charge in [0.05, 0.1) is 6.61 Å². The Morgan fingerprint density at radius 1 is 0.673 bits per heavy atom. The van der Waals surface area contributed by atoms with Gasteiger partial charge in [-0.1, -0.05) is 42.5 Å². The maximum Gasteiger partial charge on any atom is 0.414 e. The topological polar surface area (TPSA) is 172 Å². The minimum atomic E-state index is -0.980. The minimum Gasteiger partial charge on any atom is -0.493 e. The van der Waals surface area contributed by atoms with Crippen LogP contribution in [-0.2, 0) is 41.6 Å². The number of hydrogen-bond acceptors (Lipinski definition) is 11. The van der Waals surface area contributed by atoms with Gasteiger partial charge in [-0.3, -0.25) is 10.6 Å². The van der Waals surface area contributed by atoms with E-state index >= 15 is 0 Å². The number of alkyl carbamates (subject to hydrolysis) is 3. The molecule has 2 rings (SSSR count). The highest BCUT2D eigenvalue weighted by Gasteiger charge is 2.28. The second-order valence-corrected chi connectivity index (χ2v) is 13.9. The fourth-order valence-corrected chi connectivity index (χ4v) is 3.73. The van der Waals surface area contributed by atoms with Crippen molar-refractivity contribution in [2.75, 3.05) is 13.2 Å². The standard InChI is InChI=1S/C35H50N4O10/c1-33(2,3)47-28(40)27(36-30(41)45-23-25-14-11-10-12-15-25)22-24-16-18-26(19-17-24)44-20-13-21-46-39-29(37-31(42)48-34(4,5)6)38-32(43)49-35(7,8)9/h10-12,14-19,27H,13,20-23H2,1-9H3,(H,36,41)(H2,37,38,39,42,43)/t27-/m0/s1. The lowest BCUT2D eigenvalue weighted by Crippen LogP contribution is -2.47. The first-order valence-corrected chi connectivity index (χ1v) is 15.9. The molecular formula is C35H50N4O10. The molecule has 0 bridgehead atoms. The molecule has 2 aromatic carbocycles. The Hall–Kier alpha value is -5.01. The predicted molar refractivity (Wildman–Crippen MR) is 182 cm³/mol. The van der Waals surface area contributed by atoms with E-state index in [-0.39, 0.29) is 32.2 Å². The maximum absolute atomic E-state index is 12.9. The van der Waals surface area contributed by atoms with Gasteiger partial charge in [-0.15, -0.1) is 0 Å². The molecule has 0 saturated heterocycles. The van der Waals surface area contributed by atoms with E-state index in [2.05, 4.69) is 21.1 Å². The SMILES string of the molecule is CC(C)(C)OC(=O)NC(=NOCCCOc1ccc(C[C@H](NC(=O)OCc2ccccc2)C(=O)OC(C)(C)C)cc1)NC(=O)OC(C)(C)C. The summed E-state index contributed by atoms with van der Waals surface area (Å²) in [5.41, 5.74) is -0.721. The van der Waals surface area contributed by atoms with Crippen molar-refractivity contribution in [2.45, 2.75) is 105 Å². The van der Waals surface area contributed by atoms with Crippen LogP contribution < -0.4 is 20.7 Å². The molecule has 0 fully saturated rings. The van der Waals surface area contributed by atoms with Crippen LogP contribution in [-0.4, -0.2) is 66.3 Å². The average Bonchev–Trinajstić information content (AvgIpc) is 2.96. The van der Waals surface area contributed by atoms with Crippen LogP contribution in [0.25, 0.3) is 0 Å². The Labute approximate surface area is 288 Å². The highest BCUT2D eigenvalue weighted by molar-refractivity contribution is 6.01. The zero-order chi connectivity index (χ0) is 36.7. The van der Waals surface area contributed by atoms with Crippen LogP contribution >= 0.6 is 0 Å². The normalized spacial score (nSPS) is 12.0. The molecule has 0 spiro atoms. The molecular weight excluding hydrogens is 636 g/mol. The summed E-state index contributed by atoms with van der Waals surface area (Å²) in [5.74, 6) is -0.322. The number of rotatable bonds is 12. The first kappa shape index (κ1) is 40.2. The number of nitrogens with zero attached hydrogens (tertiary/aromatic N) is 1.